The number of carbonyl (C=O) groups is 1. The number of carbonyl (C=O) groups excluding carboxylic acids is 1. The van der Waals surface area contributed by atoms with E-state index in [-0.39, 0.29) is 17.4 Å². The summed E-state index contributed by atoms with van der Waals surface area (Å²) in [6.07, 6.45) is 1.82. The van der Waals surface area contributed by atoms with E-state index in [1.807, 2.05) is 13.8 Å². The predicted molar refractivity (Wildman–Crippen MR) is 65.5 cm³/mol. The number of nitrogens with one attached hydrogen (secondary N) is 1. The van der Waals surface area contributed by atoms with E-state index in [0.29, 0.717) is 19.8 Å². The maximum Gasteiger partial charge on any atom is 0.233 e. The maximum absolute atomic E-state index is 11.7. The van der Waals surface area contributed by atoms with Crippen LogP contribution in [0.1, 0.15) is 26.7 Å². The zero-order chi connectivity index (χ0) is 11.8. The summed E-state index contributed by atoms with van der Waals surface area (Å²) in [5.41, 5.74) is 0. The van der Waals surface area contributed by atoms with Gasteiger partial charge < -0.3 is 14.8 Å². The molecule has 1 heterocycles. The molecular weight excluding hydrogens is 226 g/mol. The first-order valence-corrected chi connectivity index (χ1v) is 6.95. The Kier molecular flexibility index (Phi) is 6.84. The van der Waals surface area contributed by atoms with Crippen LogP contribution in [0.15, 0.2) is 0 Å². The van der Waals surface area contributed by atoms with Crippen LogP contribution in [0.4, 0.5) is 0 Å². The quantitative estimate of drug-likeness (QED) is 0.691. The van der Waals surface area contributed by atoms with Crippen molar-refractivity contribution in [3.05, 3.63) is 0 Å². The second kappa shape index (κ2) is 7.92. The van der Waals surface area contributed by atoms with E-state index >= 15 is 0 Å². The van der Waals surface area contributed by atoms with Crippen LogP contribution < -0.4 is 5.32 Å². The van der Waals surface area contributed by atoms with E-state index in [4.69, 9.17) is 9.47 Å². The Balaban J connectivity index is 2.21. The molecule has 1 rings (SSSR count). The molecule has 1 atom stereocenters. The highest BCUT2D eigenvalue weighted by Gasteiger charge is 2.23. The minimum Gasteiger partial charge on any atom is -0.351 e. The lowest BCUT2D eigenvalue weighted by Crippen LogP contribution is -2.39. The molecule has 1 saturated heterocycles. The Morgan fingerprint density at radius 1 is 1.44 bits per heavy atom. The highest BCUT2D eigenvalue weighted by molar-refractivity contribution is 8.00. The number of amides is 1. The van der Waals surface area contributed by atoms with E-state index in [1.165, 1.54) is 0 Å². The molecule has 0 aliphatic carbocycles. The summed E-state index contributed by atoms with van der Waals surface area (Å²) in [6.45, 7) is 5.47. The summed E-state index contributed by atoms with van der Waals surface area (Å²) in [7, 11) is 0. The van der Waals surface area contributed by atoms with Gasteiger partial charge in [0.15, 0.2) is 6.29 Å². The number of hydrogen-bond donors (Lipinski definition) is 1. The summed E-state index contributed by atoms with van der Waals surface area (Å²) >= 11 is 1.74. The molecule has 1 unspecified atom stereocenters. The second-order valence-electron chi connectivity index (χ2n) is 3.59. The summed E-state index contributed by atoms with van der Waals surface area (Å²) in [4.78, 5) is 11.7. The third kappa shape index (κ3) is 4.72. The van der Waals surface area contributed by atoms with Crippen LogP contribution in [0.2, 0.25) is 0 Å². The fourth-order valence-corrected chi connectivity index (χ4v) is 2.81. The monoisotopic (exact) mass is 247 g/mol. The maximum atomic E-state index is 11.7. The van der Waals surface area contributed by atoms with Gasteiger partial charge in [-0.25, -0.2) is 0 Å². The third-order valence-electron chi connectivity index (χ3n) is 2.37. The summed E-state index contributed by atoms with van der Waals surface area (Å²) in [6, 6.07) is 0. The van der Waals surface area contributed by atoms with Crippen molar-refractivity contribution < 1.29 is 14.3 Å². The van der Waals surface area contributed by atoms with E-state index in [1.54, 1.807) is 11.8 Å². The molecular formula is C11H21NO3S. The van der Waals surface area contributed by atoms with Crippen molar-refractivity contribution in [3.8, 4) is 0 Å². The first-order valence-electron chi connectivity index (χ1n) is 5.90. The molecule has 0 saturated carbocycles. The van der Waals surface area contributed by atoms with E-state index < -0.39 is 0 Å². The number of ether oxygens (including phenoxy) is 2. The van der Waals surface area contributed by atoms with Gasteiger partial charge in [-0.3, -0.25) is 4.79 Å². The van der Waals surface area contributed by atoms with Crippen LogP contribution >= 0.6 is 11.8 Å². The largest absolute Gasteiger partial charge is 0.351 e. The van der Waals surface area contributed by atoms with Crippen molar-refractivity contribution in [1.82, 2.24) is 5.32 Å². The van der Waals surface area contributed by atoms with Gasteiger partial charge in [0.25, 0.3) is 0 Å². The SMILES string of the molecule is CCOC(CNC(=O)C1CCCS1)OCC. The average Bonchev–Trinajstić information content (AvgIpc) is 2.79. The van der Waals surface area contributed by atoms with Crippen LogP contribution in [0, 0.1) is 0 Å². The van der Waals surface area contributed by atoms with Gasteiger partial charge in [0.2, 0.25) is 5.91 Å². The third-order valence-corrected chi connectivity index (χ3v) is 3.75. The van der Waals surface area contributed by atoms with Crippen LogP contribution in [-0.2, 0) is 14.3 Å². The van der Waals surface area contributed by atoms with Gasteiger partial charge in [-0.1, -0.05) is 0 Å². The summed E-state index contributed by atoms with van der Waals surface area (Å²) in [5.74, 6) is 1.21. The predicted octanol–water partition coefficient (Wildman–Crippen LogP) is 1.40. The molecule has 1 aliphatic rings. The van der Waals surface area contributed by atoms with Crippen molar-refractivity contribution in [2.24, 2.45) is 0 Å². The zero-order valence-electron chi connectivity index (χ0n) is 10.0. The molecule has 0 radical (unpaired) electrons. The molecule has 0 aromatic heterocycles. The Bertz CT molecular complexity index is 201. The van der Waals surface area contributed by atoms with E-state index in [0.717, 1.165) is 18.6 Å². The molecule has 1 amide bonds. The van der Waals surface area contributed by atoms with Gasteiger partial charge in [0, 0.05) is 13.2 Å². The highest BCUT2D eigenvalue weighted by atomic mass is 32.2. The number of thioether (sulfide) groups is 1. The van der Waals surface area contributed by atoms with Crippen molar-refractivity contribution in [3.63, 3.8) is 0 Å². The smallest absolute Gasteiger partial charge is 0.233 e. The van der Waals surface area contributed by atoms with Gasteiger partial charge in [-0.15, -0.1) is 11.8 Å². The topological polar surface area (TPSA) is 47.6 Å². The van der Waals surface area contributed by atoms with Crippen molar-refractivity contribution in [2.75, 3.05) is 25.5 Å². The minimum atomic E-state index is -0.314. The summed E-state index contributed by atoms with van der Waals surface area (Å²) in [5, 5.41) is 3.01. The first-order chi connectivity index (χ1) is 7.77. The zero-order valence-corrected chi connectivity index (χ0v) is 10.8. The van der Waals surface area contributed by atoms with Gasteiger partial charge in [-0.05, 0) is 32.4 Å². The highest BCUT2D eigenvalue weighted by Crippen LogP contribution is 2.25. The molecule has 0 spiro atoms. The molecule has 1 N–H and O–H groups in total. The molecule has 1 fully saturated rings. The van der Waals surface area contributed by atoms with Crippen LogP contribution in [0.25, 0.3) is 0 Å². The summed E-state index contributed by atoms with van der Waals surface area (Å²) < 4.78 is 10.7. The lowest BCUT2D eigenvalue weighted by atomic mass is 10.2. The fourth-order valence-electron chi connectivity index (χ4n) is 1.62. The molecule has 0 aromatic rings. The van der Waals surface area contributed by atoms with E-state index in [2.05, 4.69) is 5.32 Å². The van der Waals surface area contributed by atoms with Crippen LogP contribution in [-0.4, -0.2) is 43.0 Å². The lowest BCUT2D eigenvalue weighted by Gasteiger charge is -2.18. The van der Waals surface area contributed by atoms with Crippen LogP contribution in [0.5, 0.6) is 0 Å². The van der Waals surface area contributed by atoms with E-state index in [9.17, 15) is 4.79 Å². The molecule has 1 aliphatic heterocycles. The van der Waals surface area contributed by atoms with Gasteiger partial charge in [0.1, 0.15) is 0 Å². The Hall–Kier alpha value is -0.260. The minimum absolute atomic E-state index is 0.118. The molecule has 5 heteroatoms. The normalized spacial score (nSPS) is 20.3. The fraction of sp³-hybridized carbons (Fsp3) is 0.909. The standard InChI is InChI=1S/C11H21NO3S/c1-3-14-10(15-4-2)8-12-11(13)9-6-5-7-16-9/h9-10H,3-8H2,1-2H3,(H,12,13). The number of hydrogen-bond acceptors (Lipinski definition) is 4. The van der Waals surface area contributed by atoms with Gasteiger partial charge >= 0.3 is 0 Å². The van der Waals surface area contributed by atoms with Crippen LogP contribution in [0.3, 0.4) is 0 Å². The molecule has 0 aromatic carbocycles. The first kappa shape index (κ1) is 13.8. The Morgan fingerprint density at radius 2 is 2.12 bits per heavy atom. The molecule has 0 bridgehead atoms. The van der Waals surface area contributed by atoms with Gasteiger partial charge in [-0.2, -0.15) is 0 Å². The molecule has 94 valence electrons. The average molecular weight is 247 g/mol. The lowest BCUT2D eigenvalue weighted by molar-refractivity contribution is -0.140. The Morgan fingerprint density at radius 3 is 2.62 bits per heavy atom. The van der Waals surface area contributed by atoms with Crippen molar-refractivity contribution in [1.29, 1.82) is 0 Å². The van der Waals surface area contributed by atoms with Crippen molar-refractivity contribution in [2.45, 2.75) is 38.2 Å². The number of rotatable bonds is 7. The second-order valence-corrected chi connectivity index (χ2v) is 4.90. The molecule has 16 heavy (non-hydrogen) atoms. The van der Waals surface area contributed by atoms with Gasteiger partial charge in [0.05, 0.1) is 11.8 Å². The van der Waals surface area contributed by atoms with Crippen molar-refractivity contribution >= 4 is 17.7 Å². The molecule has 4 nitrogen and oxygen atoms in total. The Labute approximate surface area is 101 Å².